The monoisotopic (exact) mass is 286 g/mol. The molecule has 0 saturated heterocycles. The number of amides is 1. The standard InChI is InChI=1S/C18H26N2O/c1-3-4-5-6-7-8-11-16-12-9-10-13-17(16)20-18(21)14-15(2)19-20/h9-10,12-13H,3-8,11,14H2,1-2H3. The Morgan fingerprint density at radius 2 is 1.81 bits per heavy atom. The van der Waals surface area contributed by atoms with E-state index in [1.807, 2.05) is 25.1 Å². The van der Waals surface area contributed by atoms with Gasteiger partial charge in [-0.3, -0.25) is 4.79 Å². The largest absolute Gasteiger partial charge is 0.272 e. The van der Waals surface area contributed by atoms with Crippen LogP contribution in [0.5, 0.6) is 0 Å². The van der Waals surface area contributed by atoms with E-state index >= 15 is 0 Å². The van der Waals surface area contributed by atoms with Crippen molar-refractivity contribution in [3.63, 3.8) is 0 Å². The summed E-state index contributed by atoms with van der Waals surface area (Å²) in [4.78, 5) is 12.0. The van der Waals surface area contributed by atoms with Crippen LogP contribution in [0.15, 0.2) is 29.4 Å². The molecule has 3 nitrogen and oxygen atoms in total. The van der Waals surface area contributed by atoms with Crippen LogP contribution in [0.1, 0.15) is 64.4 Å². The third kappa shape index (κ3) is 4.42. The SMILES string of the molecule is CCCCCCCCc1ccccc1N1N=C(C)CC1=O. The number of unbranched alkanes of at least 4 members (excludes halogenated alkanes) is 5. The van der Waals surface area contributed by atoms with Crippen molar-refractivity contribution in [3.8, 4) is 0 Å². The molecular formula is C18H26N2O. The van der Waals surface area contributed by atoms with Gasteiger partial charge in [-0.25, -0.2) is 5.01 Å². The van der Waals surface area contributed by atoms with E-state index in [0.29, 0.717) is 6.42 Å². The molecule has 0 atom stereocenters. The van der Waals surface area contributed by atoms with Crippen LogP contribution in [-0.4, -0.2) is 11.6 Å². The van der Waals surface area contributed by atoms with Crippen molar-refractivity contribution >= 4 is 17.3 Å². The van der Waals surface area contributed by atoms with Crippen LogP contribution in [0.4, 0.5) is 5.69 Å². The molecule has 1 amide bonds. The Hall–Kier alpha value is -1.64. The van der Waals surface area contributed by atoms with E-state index in [1.54, 1.807) is 5.01 Å². The Kier molecular flexibility index (Phi) is 5.97. The number of hydrogen-bond donors (Lipinski definition) is 0. The quantitative estimate of drug-likeness (QED) is 0.637. The molecule has 1 aromatic carbocycles. The normalized spacial score (nSPS) is 14.7. The predicted molar refractivity (Wildman–Crippen MR) is 88.7 cm³/mol. The number of carbonyl (C=O) groups excluding carboxylic acids is 1. The minimum absolute atomic E-state index is 0.0860. The van der Waals surface area contributed by atoms with Crippen molar-refractivity contribution in [2.45, 2.75) is 65.2 Å². The van der Waals surface area contributed by atoms with E-state index in [9.17, 15) is 4.79 Å². The van der Waals surface area contributed by atoms with Gasteiger partial charge in [0.25, 0.3) is 5.91 Å². The van der Waals surface area contributed by atoms with E-state index in [1.165, 1.54) is 44.1 Å². The van der Waals surface area contributed by atoms with Gasteiger partial charge in [-0.1, -0.05) is 57.2 Å². The zero-order valence-corrected chi connectivity index (χ0v) is 13.3. The fraction of sp³-hybridized carbons (Fsp3) is 0.556. The fourth-order valence-corrected chi connectivity index (χ4v) is 2.77. The van der Waals surface area contributed by atoms with Crippen LogP contribution in [0.25, 0.3) is 0 Å². The van der Waals surface area contributed by atoms with Gasteiger partial charge in [0.15, 0.2) is 0 Å². The number of benzene rings is 1. The topological polar surface area (TPSA) is 32.7 Å². The van der Waals surface area contributed by atoms with Gasteiger partial charge < -0.3 is 0 Å². The van der Waals surface area contributed by atoms with Gasteiger partial charge in [0.05, 0.1) is 12.1 Å². The Labute approximate surface area is 128 Å². The van der Waals surface area contributed by atoms with Gasteiger partial charge in [-0.15, -0.1) is 0 Å². The van der Waals surface area contributed by atoms with Crippen LogP contribution in [0, 0.1) is 0 Å². The molecule has 1 aliphatic heterocycles. The van der Waals surface area contributed by atoms with Crippen LogP contribution in [0.2, 0.25) is 0 Å². The molecule has 0 saturated carbocycles. The van der Waals surface area contributed by atoms with Crippen molar-refractivity contribution in [2.24, 2.45) is 5.10 Å². The van der Waals surface area contributed by atoms with Gasteiger partial charge in [-0.2, -0.15) is 5.10 Å². The molecule has 114 valence electrons. The van der Waals surface area contributed by atoms with E-state index in [2.05, 4.69) is 18.1 Å². The average molecular weight is 286 g/mol. The van der Waals surface area contributed by atoms with Crippen molar-refractivity contribution < 1.29 is 4.79 Å². The van der Waals surface area contributed by atoms with E-state index < -0.39 is 0 Å². The summed E-state index contributed by atoms with van der Waals surface area (Å²) < 4.78 is 0. The highest BCUT2D eigenvalue weighted by Crippen LogP contribution is 2.26. The molecule has 1 aliphatic rings. The Morgan fingerprint density at radius 3 is 2.52 bits per heavy atom. The summed E-state index contributed by atoms with van der Waals surface area (Å²) in [6, 6.07) is 8.16. The second-order valence-corrected chi connectivity index (χ2v) is 5.86. The number of hydrogen-bond acceptors (Lipinski definition) is 2. The number of anilines is 1. The third-order valence-electron chi connectivity index (χ3n) is 3.93. The number of hydrazone groups is 1. The number of rotatable bonds is 8. The molecule has 0 aliphatic carbocycles. The van der Waals surface area contributed by atoms with Crippen molar-refractivity contribution in [1.82, 2.24) is 0 Å². The maximum atomic E-state index is 12.0. The summed E-state index contributed by atoms with van der Waals surface area (Å²) in [5.41, 5.74) is 3.10. The first-order valence-electron chi connectivity index (χ1n) is 8.17. The molecule has 0 bridgehead atoms. The molecule has 0 unspecified atom stereocenters. The first kappa shape index (κ1) is 15.7. The van der Waals surface area contributed by atoms with Crippen LogP contribution < -0.4 is 5.01 Å². The lowest BCUT2D eigenvalue weighted by Crippen LogP contribution is -2.20. The van der Waals surface area contributed by atoms with E-state index in [0.717, 1.165) is 17.8 Å². The fourth-order valence-electron chi connectivity index (χ4n) is 2.77. The van der Waals surface area contributed by atoms with Gasteiger partial charge in [-0.05, 0) is 31.4 Å². The third-order valence-corrected chi connectivity index (χ3v) is 3.93. The predicted octanol–water partition coefficient (Wildman–Crippen LogP) is 4.70. The maximum Gasteiger partial charge on any atom is 0.253 e. The van der Waals surface area contributed by atoms with Crippen LogP contribution in [0.3, 0.4) is 0 Å². The molecule has 3 heteroatoms. The summed E-state index contributed by atoms with van der Waals surface area (Å²) in [6.45, 7) is 4.15. The van der Waals surface area contributed by atoms with Gasteiger partial charge in [0, 0.05) is 5.71 Å². The molecule has 2 rings (SSSR count). The van der Waals surface area contributed by atoms with Crippen LogP contribution in [-0.2, 0) is 11.2 Å². The number of carbonyl (C=O) groups is 1. The molecule has 1 aromatic rings. The lowest BCUT2D eigenvalue weighted by molar-refractivity contribution is -0.116. The number of aryl methyl sites for hydroxylation is 1. The maximum absolute atomic E-state index is 12.0. The molecule has 1 heterocycles. The second kappa shape index (κ2) is 7.96. The minimum Gasteiger partial charge on any atom is -0.272 e. The van der Waals surface area contributed by atoms with Crippen molar-refractivity contribution in [2.75, 3.05) is 5.01 Å². The molecule has 21 heavy (non-hydrogen) atoms. The highest BCUT2D eigenvalue weighted by atomic mass is 16.2. The van der Waals surface area contributed by atoms with Crippen LogP contribution >= 0.6 is 0 Å². The first-order chi connectivity index (χ1) is 10.2. The highest BCUT2D eigenvalue weighted by molar-refractivity contribution is 6.12. The Balaban J connectivity index is 1.93. The second-order valence-electron chi connectivity index (χ2n) is 5.86. The summed E-state index contributed by atoms with van der Waals surface area (Å²) in [5, 5.41) is 5.95. The minimum atomic E-state index is 0.0860. The van der Waals surface area contributed by atoms with Crippen molar-refractivity contribution in [1.29, 1.82) is 0 Å². The van der Waals surface area contributed by atoms with E-state index in [-0.39, 0.29) is 5.91 Å². The molecule has 0 N–H and O–H groups in total. The lowest BCUT2D eigenvalue weighted by Gasteiger charge is -2.16. The lowest BCUT2D eigenvalue weighted by atomic mass is 10.0. The van der Waals surface area contributed by atoms with Gasteiger partial charge in [0.2, 0.25) is 0 Å². The smallest absolute Gasteiger partial charge is 0.253 e. The molecule has 0 spiro atoms. The molecule has 0 aromatic heterocycles. The summed E-state index contributed by atoms with van der Waals surface area (Å²) in [7, 11) is 0. The molecule has 0 fully saturated rings. The van der Waals surface area contributed by atoms with Crippen molar-refractivity contribution in [3.05, 3.63) is 29.8 Å². The Bertz CT molecular complexity index is 508. The average Bonchev–Trinajstić information content (AvgIpc) is 2.82. The van der Waals surface area contributed by atoms with E-state index in [4.69, 9.17) is 0 Å². The summed E-state index contributed by atoms with van der Waals surface area (Å²) >= 11 is 0. The van der Waals surface area contributed by atoms with Gasteiger partial charge >= 0.3 is 0 Å². The Morgan fingerprint density at radius 1 is 1.10 bits per heavy atom. The van der Waals surface area contributed by atoms with Gasteiger partial charge in [0.1, 0.15) is 0 Å². The summed E-state index contributed by atoms with van der Waals surface area (Å²) in [6.07, 6.45) is 9.22. The number of nitrogens with zero attached hydrogens (tertiary/aromatic N) is 2. The summed E-state index contributed by atoms with van der Waals surface area (Å²) in [5.74, 6) is 0.0860. The molecular weight excluding hydrogens is 260 g/mol. The zero-order chi connectivity index (χ0) is 15.1. The molecule has 0 radical (unpaired) electrons. The zero-order valence-electron chi connectivity index (χ0n) is 13.3. The number of para-hydroxylation sites is 1. The first-order valence-corrected chi connectivity index (χ1v) is 8.17. The highest BCUT2D eigenvalue weighted by Gasteiger charge is 2.24.